The Hall–Kier alpha value is -0.570. The molecule has 1 aliphatic rings. The Labute approximate surface area is 111 Å². The molecule has 0 radical (unpaired) electrons. The summed E-state index contributed by atoms with van der Waals surface area (Å²) in [6.07, 6.45) is 2.58. The van der Waals surface area contributed by atoms with E-state index in [0.717, 1.165) is 10.9 Å². The lowest BCUT2D eigenvalue weighted by atomic mass is 9.95. The monoisotopic (exact) mass is 265 g/mol. The number of piperidine rings is 1. The van der Waals surface area contributed by atoms with Gasteiger partial charge in [0.25, 0.3) is 0 Å². The molecule has 1 aliphatic heterocycles. The number of benzene rings is 1. The van der Waals surface area contributed by atoms with Crippen LogP contribution >= 0.6 is 22.9 Å². The first-order chi connectivity index (χ1) is 8.22. The van der Waals surface area contributed by atoms with Crippen molar-refractivity contribution in [2.45, 2.75) is 18.8 Å². The quantitative estimate of drug-likeness (QED) is 0.740. The molecule has 2 aromatic rings. The van der Waals surface area contributed by atoms with E-state index in [4.69, 9.17) is 11.6 Å². The molecule has 0 atom stereocenters. The minimum atomic E-state index is 0.752. The van der Waals surface area contributed by atoms with E-state index >= 15 is 0 Å². The third kappa shape index (κ3) is 2.35. The average molecular weight is 266 g/mol. The third-order valence-electron chi connectivity index (χ3n) is 3.62. The van der Waals surface area contributed by atoms with Crippen LogP contribution in [-0.2, 0) is 0 Å². The van der Waals surface area contributed by atoms with Crippen molar-refractivity contribution in [2.75, 3.05) is 20.1 Å². The fourth-order valence-corrected chi connectivity index (χ4v) is 3.92. The molecular formula is C14H16ClNS. The number of rotatable bonds is 1. The summed E-state index contributed by atoms with van der Waals surface area (Å²) in [5.74, 6) is 0.752. The van der Waals surface area contributed by atoms with E-state index in [1.54, 1.807) is 0 Å². The summed E-state index contributed by atoms with van der Waals surface area (Å²) in [4.78, 5) is 3.95. The Morgan fingerprint density at radius 1 is 1.24 bits per heavy atom. The smallest absolute Gasteiger partial charge is 0.0412 e. The van der Waals surface area contributed by atoms with Crippen molar-refractivity contribution in [3.8, 4) is 0 Å². The van der Waals surface area contributed by atoms with Crippen molar-refractivity contribution in [1.29, 1.82) is 0 Å². The van der Waals surface area contributed by atoms with Crippen LogP contribution in [0.15, 0.2) is 24.3 Å². The zero-order valence-electron chi connectivity index (χ0n) is 9.95. The normalized spacial score (nSPS) is 18.9. The number of hydrogen-bond acceptors (Lipinski definition) is 2. The molecular weight excluding hydrogens is 250 g/mol. The third-order valence-corrected chi connectivity index (χ3v) is 5.13. The Balaban J connectivity index is 1.90. The van der Waals surface area contributed by atoms with Gasteiger partial charge in [-0.3, -0.25) is 0 Å². The van der Waals surface area contributed by atoms with Gasteiger partial charge in [0.1, 0.15) is 0 Å². The minimum absolute atomic E-state index is 0.752. The van der Waals surface area contributed by atoms with E-state index in [1.165, 1.54) is 40.9 Å². The van der Waals surface area contributed by atoms with Crippen molar-refractivity contribution in [3.63, 3.8) is 0 Å². The first-order valence-corrected chi connectivity index (χ1v) is 7.29. The van der Waals surface area contributed by atoms with Gasteiger partial charge >= 0.3 is 0 Å². The van der Waals surface area contributed by atoms with Gasteiger partial charge in [0.2, 0.25) is 0 Å². The highest BCUT2D eigenvalue weighted by Gasteiger charge is 2.20. The molecule has 0 aliphatic carbocycles. The molecule has 2 heterocycles. The van der Waals surface area contributed by atoms with Gasteiger partial charge in [0.15, 0.2) is 0 Å². The summed E-state index contributed by atoms with van der Waals surface area (Å²) >= 11 is 7.97. The van der Waals surface area contributed by atoms with E-state index in [0.29, 0.717) is 0 Å². The molecule has 0 N–H and O–H groups in total. The molecule has 1 aromatic carbocycles. The topological polar surface area (TPSA) is 3.24 Å². The number of halogens is 1. The molecule has 0 bridgehead atoms. The largest absolute Gasteiger partial charge is 0.306 e. The molecule has 90 valence electrons. The van der Waals surface area contributed by atoms with Crippen LogP contribution in [0, 0.1) is 0 Å². The van der Waals surface area contributed by atoms with Gasteiger partial charge in [-0.2, -0.15) is 0 Å². The predicted molar refractivity (Wildman–Crippen MR) is 76.3 cm³/mol. The van der Waals surface area contributed by atoms with Gasteiger partial charge in [-0.25, -0.2) is 0 Å². The number of fused-ring (bicyclic) bond motifs is 1. The van der Waals surface area contributed by atoms with Crippen molar-refractivity contribution in [3.05, 3.63) is 34.2 Å². The number of likely N-dealkylation sites (tertiary alicyclic amines) is 1. The Kier molecular flexibility index (Phi) is 3.12. The van der Waals surface area contributed by atoms with Gasteiger partial charge in [0, 0.05) is 14.6 Å². The highest BCUT2D eigenvalue weighted by atomic mass is 35.5. The van der Waals surface area contributed by atoms with Gasteiger partial charge in [-0.1, -0.05) is 11.6 Å². The summed E-state index contributed by atoms with van der Waals surface area (Å²) in [6.45, 7) is 2.44. The molecule has 3 heteroatoms. The molecule has 0 amide bonds. The predicted octanol–water partition coefficient (Wildman–Crippen LogP) is 4.36. The lowest BCUT2D eigenvalue weighted by Crippen LogP contribution is -2.28. The van der Waals surface area contributed by atoms with E-state index in [9.17, 15) is 0 Å². The van der Waals surface area contributed by atoms with Crippen LogP contribution in [0.3, 0.4) is 0 Å². The van der Waals surface area contributed by atoms with Crippen LogP contribution in [0.1, 0.15) is 23.6 Å². The lowest BCUT2D eigenvalue weighted by Gasteiger charge is -2.28. The van der Waals surface area contributed by atoms with Crippen molar-refractivity contribution < 1.29 is 0 Å². The first-order valence-electron chi connectivity index (χ1n) is 6.10. The number of thiophene rings is 1. The molecule has 3 rings (SSSR count). The number of hydrogen-bond donors (Lipinski definition) is 0. The average Bonchev–Trinajstić information content (AvgIpc) is 2.72. The zero-order chi connectivity index (χ0) is 11.8. The maximum atomic E-state index is 6.03. The Morgan fingerprint density at radius 2 is 2.00 bits per heavy atom. The van der Waals surface area contributed by atoms with Crippen LogP contribution in [0.25, 0.3) is 10.1 Å². The summed E-state index contributed by atoms with van der Waals surface area (Å²) in [5.41, 5.74) is 0. The molecule has 1 fully saturated rings. The molecule has 1 nitrogen and oxygen atoms in total. The van der Waals surface area contributed by atoms with E-state index < -0.39 is 0 Å². The standard InChI is InChI=1S/C14H16ClNS/c1-16-6-4-10(5-7-16)14-9-11-8-12(15)2-3-13(11)17-14/h2-3,8-10H,4-7H2,1H3. The summed E-state index contributed by atoms with van der Waals surface area (Å²) in [7, 11) is 2.21. The van der Waals surface area contributed by atoms with E-state index in [-0.39, 0.29) is 0 Å². The van der Waals surface area contributed by atoms with Crippen LogP contribution in [0.2, 0.25) is 5.02 Å². The van der Waals surface area contributed by atoms with E-state index in [2.05, 4.69) is 30.1 Å². The van der Waals surface area contributed by atoms with Gasteiger partial charge in [0.05, 0.1) is 0 Å². The molecule has 1 aromatic heterocycles. The molecule has 0 unspecified atom stereocenters. The molecule has 1 saturated heterocycles. The molecule has 0 saturated carbocycles. The SMILES string of the molecule is CN1CCC(c2cc3cc(Cl)ccc3s2)CC1. The van der Waals surface area contributed by atoms with Crippen molar-refractivity contribution in [1.82, 2.24) is 4.90 Å². The Morgan fingerprint density at radius 3 is 2.76 bits per heavy atom. The highest BCUT2D eigenvalue weighted by Crippen LogP contribution is 2.36. The van der Waals surface area contributed by atoms with Crippen LogP contribution in [-0.4, -0.2) is 25.0 Å². The summed E-state index contributed by atoms with van der Waals surface area (Å²) < 4.78 is 1.36. The van der Waals surface area contributed by atoms with Gasteiger partial charge in [-0.15, -0.1) is 11.3 Å². The maximum Gasteiger partial charge on any atom is 0.0412 e. The number of nitrogens with zero attached hydrogens (tertiary/aromatic N) is 1. The van der Waals surface area contributed by atoms with Gasteiger partial charge in [-0.05, 0) is 68.5 Å². The van der Waals surface area contributed by atoms with Crippen LogP contribution in [0.5, 0.6) is 0 Å². The fourth-order valence-electron chi connectivity index (χ4n) is 2.53. The van der Waals surface area contributed by atoms with Crippen LogP contribution < -0.4 is 0 Å². The minimum Gasteiger partial charge on any atom is -0.306 e. The second kappa shape index (κ2) is 4.60. The highest BCUT2D eigenvalue weighted by molar-refractivity contribution is 7.19. The van der Waals surface area contributed by atoms with Crippen LogP contribution in [0.4, 0.5) is 0 Å². The second-order valence-electron chi connectivity index (χ2n) is 4.91. The lowest BCUT2D eigenvalue weighted by molar-refractivity contribution is 0.257. The van der Waals surface area contributed by atoms with Crippen molar-refractivity contribution >= 4 is 33.0 Å². The Bertz CT molecular complexity index is 526. The van der Waals surface area contributed by atoms with Gasteiger partial charge < -0.3 is 4.90 Å². The molecule has 0 spiro atoms. The summed E-state index contributed by atoms with van der Waals surface area (Å²) in [5, 5.41) is 2.14. The van der Waals surface area contributed by atoms with Crippen molar-refractivity contribution in [2.24, 2.45) is 0 Å². The summed E-state index contributed by atoms with van der Waals surface area (Å²) in [6, 6.07) is 8.54. The zero-order valence-corrected chi connectivity index (χ0v) is 11.5. The second-order valence-corrected chi connectivity index (χ2v) is 6.46. The fraction of sp³-hybridized carbons (Fsp3) is 0.429. The molecule has 17 heavy (non-hydrogen) atoms. The first kappa shape index (κ1) is 11.5. The van der Waals surface area contributed by atoms with E-state index in [1.807, 2.05) is 17.4 Å². The maximum absolute atomic E-state index is 6.03.